The molecule has 3 rings (SSSR count). The van der Waals surface area contributed by atoms with Gasteiger partial charge in [-0.25, -0.2) is 0 Å². The van der Waals surface area contributed by atoms with Gasteiger partial charge in [-0.2, -0.15) is 0 Å². The highest BCUT2D eigenvalue weighted by Crippen LogP contribution is 2.32. The molecular weight excluding hydrogens is 484 g/mol. The number of anilines is 2. The molecule has 10 heteroatoms. The fraction of sp³-hybridized carbons (Fsp3) is 0.286. The van der Waals surface area contributed by atoms with Crippen LogP contribution < -0.4 is 36.1 Å². The first kappa shape index (κ1) is 28.1. The van der Waals surface area contributed by atoms with Crippen LogP contribution in [-0.2, 0) is 4.79 Å². The summed E-state index contributed by atoms with van der Waals surface area (Å²) in [4.78, 5) is 15.5. The van der Waals surface area contributed by atoms with E-state index in [9.17, 15) is 4.79 Å². The lowest BCUT2D eigenvalue weighted by atomic mass is 10.0. The van der Waals surface area contributed by atoms with Crippen molar-refractivity contribution in [3.63, 3.8) is 0 Å². The Kier molecular flexibility index (Phi) is 10.2. The molecule has 0 saturated carbocycles. The summed E-state index contributed by atoms with van der Waals surface area (Å²) < 4.78 is 17.1. The van der Waals surface area contributed by atoms with Crippen LogP contribution in [0.3, 0.4) is 0 Å². The minimum atomic E-state index is -0.796. The van der Waals surface area contributed by atoms with E-state index in [1.54, 1.807) is 49.6 Å². The van der Waals surface area contributed by atoms with Crippen LogP contribution in [0, 0.1) is 5.41 Å². The third-order valence-electron chi connectivity index (χ3n) is 5.59. The standard InChI is InChI=1S/C28H36N6O4/c1-5-37-25-18-20(12-15-24(25)38-17-16-34(2)3)26(31-21-13-10-19(11-14-21)27(29)30)28(35)33-32-22-8-6-7-9-23(22)36-4/h6-15,18,26,31-32H,5,16-17H2,1-4H3,(H3,29,30)(H,33,35). The molecule has 0 aliphatic heterocycles. The van der Waals surface area contributed by atoms with Gasteiger partial charge in [0.25, 0.3) is 5.91 Å². The predicted octanol–water partition coefficient (Wildman–Crippen LogP) is 3.61. The highest BCUT2D eigenvalue weighted by molar-refractivity contribution is 5.95. The van der Waals surface area contributed by atoms with Gasteiger partial charge in [-0.15, -0.1) is 0 Å². The Morgan fingerprint density at radius 1 is 1.00 bits per heavy atom. The molecule has 0 spiro atoms. The number of likely N-dealkylation sites (N-methyl/N-ethyl adjacent to an activating group) is 1. The Bertz CT molecular complexity index is 1220. The van der Waals surface area contributed by atoms with Gasteiger partial charge in [-0.1, -0.05) is 18.2 Å². The first-order valence-corrected chi connectivity index (χ1v) is 12.3. The van der Waals surface area contributed by atoms with Crippen LogP contribution in [0.5, 0.6) is 17.2 Å². The van der Waals surface area contributed by atoms with Crippen LogP contribution >= 0.6 is 0 Å². The number of amides is 1. The van der Waals surface area contributed by atoms with Crippen LogP contribution in [0.2, 0.25) is 0 Å². The fourth-order valence-electron chi connectivity index (χ4n) is 3.59. The van der Waals surface area contributed by atoms with Crippen molar-refractivity contribution in [3.8, 4) is 17.2 Å². The third-order valence-corrected chi connectivity index (χ3v) is 5.59. The van der Waals surface area contributed by atoms with Crippen molar-refractivity contribution < 1.29 is 19.0 Å². The van der Waals surface area contributed by atoms with E-state index in [1.165, 1.54) is 0 Å². The van der Waals surface area contributed by atoms with Crippen LogP contribution in [0.1, 0.15) is 24.1 Å². The number of ether oxygens (including phenoxy) is 3. The van der Waals surface area contributed by atoms with E-state index >= 15 is 0 Å². The minimum Gasteiger partial charge on any atom is -0.495 e. The number of para-hydroxylation sites is 2. The maximum Gasteiger partial charge on any atom is 0.265 e. The Hall–Kier alpha value is -4.44. The highest BCUT2D eigenvalue weighted by Gasteiger charge is 2.23. The lowest BCUT2D eigenvalue weighted by Crippen LogP contribution is -2.37. The molecule has 0 aromatic heterocycles. The number of nitrogens with one attached hydrogen (secondary N) is 4. The van der Waals surface area contributed by atoms with Gasteiger partial charge in [-0.3, -0.25) is 21.1 Å². The van der Waals surface area contributed by atoms with E-state index in [0.29, 0.717) is 53.0 Å². The van der Waals surface area contributed by atoms with Crippen molar-refractivity contribution in [3.05, 3.63) is 77.9 Å². The molecule has 6 N–H and O–H groups in total. The number of nitrogens with zero attached hydrogens (tertiary/aromatic N) is 1. The average Bonchev–Trinajstić information content (AvgIpc) is 2.91. The second kappa shape index (κ2) is 13.8. The van der Waals surface area contributed by atoms with Gasteiger partial charge in [0.05, 0.1) is 19.4 Å². The molecule has 3 aromatic carbocycles. The summed E-state index contributed by atoms with van der Waals surface area (Å²) in [7, 11) is 5.52. The molecular formula is C28H36N6O4. The van der Waals surface area contributed by atoms with Crippen molar-refractivity contribution in [2.24, 2.45) is 5.73 Å². The molecule has 10 nitrogen and oxygen atoms in total. The molecule has 0 saturated heterocycles. The predicted molar refractivity (Wildman–Crippen MR) is 150 cm³/mol. The smallest absolute Gasteiger partial charge is 0.265 e. The summed E-state index contributed by atoms with van der Waals surface area (Å²) in [5.74, 6) is 1.38. The molecule has 1 atom stereocenters. The van der Waals surface area contributed by atoms with Gasteiger partial charge < -0.3 is 30.2 Å². The van der Waals surface area contributed by atoms with Crippen LogP contribution in [-0.4, -0.2) is 57.6 Å². The van der Waals surface area contributed by atoms with Crippen LogP contribution in [0.4, 0.5) is 11.4 Å². The molecule has 0 radical (unpaired) electrons. The van der Waals surface area contributed by atoms with E-state index < -0.39 is 6.04 Å². The first-order valence-electron chi connectivity index (χ1n) is 12.3. The first-order chi connectivity index (χ1) is 18.3. The van der Waals surface area contributed by atoms with Gasteiger partial charge in [0.15, 0.2) is 11.5 Å². The van der Waals surface area contributed by atoms with E-state index in [4.69, 9.17) is 25.4 Å². The molecule has 38 heavy (non-hydrogen) atoms. The zero-order valence-electron chi connectivity index (χ0n) is 22.2. The number of carbonyl (C=O) groups excluding carboxylic acids is 1. The van der Waals surface area contributed by atoms with E-state index in [-0.39, 0.29) is 11.7 Å². The molecule has 0 aliphatic rings. The summed E-state index contributed by atoms with van der Waals surface area (Å²) in [5.41, 5.74) is 13.9. The monoisotopic (exact) mass is 520 g/mol. The summed E-state index contributed by atoms with van der Waals surface area (Å²) in [6.07, 6.45) is 0. The van der Waals surface area contributed by atoms with Gasteiger partial charge in [0.2, 0.25) is 0 Å². The fourth-order valence-corrected chi connectivity index (χ4v) is 3.59. The number of hydrazine groups is 1. The molecule has 0 fully saturated rings. The quantitative estimate of drug-likeness (QED) is 0.124. The second-order valence-electron chi connectivity index (χ2n) is 8.67. The molecule has 1 unspecified atom stereocenters. The number of methoxy groups -OCH3 is 1. The lowest BCUT2D eigenvalue weighted by Gasteiger charge is -2.22. The van der Waals surface area contributed by atoms with Crippen molar-refractivity contribution in [2.45, 2.75) is 13.0 Å². The van der Waals surface area contributed by atoms with Crippen molar-refractivity contribution in [1.29, 1.82) is 5.41 Å². The zero-order valence-corrected chi connectivity index (χ0v) is 22.2. The van der Waals surface area contributed by atoms with Crippen molar-refractivity contribution in [2.75, 3.05) is 51.7 Å². The summed E-state index contributed by atoms with van der Waals surface area (Å²) in [5, 5.41) is 10.9. The average molecular weight is 521 g/mol. The van der Waals surface area contributed by atoms with Crippen molar-refractivity contribution >= 4 is 23.1 Å². The summed E-state index contributed by atoms with van der Waals surface area (Å²) >= 11 is 0. The van der Waals surface area contributed by atoms with Gasteiger partial charge >= 0.3 is 0 Å². The van der Waals surface area contributed by atoms with Crippen molar-refractivity contribution in [1.82, 2.24) is 10.3 Å². The normalized spacial score (nSPS) is 11.4. The second-order valence-corrected chi connectivity index (χ2v) is 8.67. The largest absolute Gasteiger partial charge is 0.495 e. The number of hydrogen-bond acceptors (Lipinski definition) is 8. The lowest BCUT2D eigenvalue weighted by molar-refractivity contribution is -0.121. The number of hydrogen-bond donors (Lipinski definition) is 5. The zero-order chi connectivity index (χ0) is 27.5. The van der Waals surface area contributed by atoms with Gasteiger partial charge in [0.1, 0.15) is 24.2 Å². The number of amidine groups is 1. The Labute approximate surface area is 223 Å². The minimum absolute atomic E-state index is 0.0296. The molecule has 0 heterocycles. The third kappa shape index (κ3) is 7.78. The summed E-state index contributed by atoms with van der Waals surface area (Å²) in [6.45, 7) is 3.59. The maximum atomic E-state index is 13.5. The Morgan fingerprint density at radius 3 is 2.39 bits per heavy atom. The number of rotatable bonds is 14. The Balaban J connectivity index is 1.89. The maximum absolute atomic E-state index is 13.5. The van der Waals surface area contributed by atoms with Gasteiger partial charge in [-0.05, 0) is 75.1 Å². The van der Waals surface area contributed by atoms with Crippen LogP contribution in [0.25, 0.3) is 0 Å². The molecule has 0 bridgehead atoms. The molecule has 3 aromatic rings. The van der Waals surface area contributed by atoms with Gasteiger partial charge in [0, 0.05) is 17.8 Å². The SMILES string of the molecule is CCOc1cc(C(Nc2ccc(C(=N)N)cc2)C(=O)NNc2ccccc2OC)ccc1OCCN(C)C. The van der Waals surface area contributed by atoms with E-state index in [2.05, 4.69) is 16.2 Å². The number of nitrogens with two attached hydrogens (primary N) is 1. The summed E-state index contributed by atoms with van der Waals surface area (Å²) in [6, 6.07) is 18.9. The van der Waals surface area contributed by atoms with Crippen LogP contribution in [0.15, 0.2) is 66.7 Å². The molecule has 1 amide bonds. The highest BCUT2D eigenvalue weighted by atomic mass is 16.5. The number of nitrogen functional groups attached to an aromatic ring is 1. The Morgan fingerprint density at radius 2 is 1.74 bits per heavy atom. The molecule has 202 valence electrons. The number of carbonyl (C=O) groups is 1. The topological polar surface area (TPSA) is 134 Å². The van der Waals surface area contributed by atoms with E-state index in [0.717, 1.165) is 6.54 Å². The van der Waals surface area contributed by atoms with E-state index in [1.807, 2.05) is 50.2 Å². The molecule has 0 aliphatic carbocycles. The number of benzene rings is 3.